The van der Waals surface area contributed by atoms with E-state index in [2.05, 4.69) is 8.37 Å². The lowest BCUT2D eigenvalue weighted by Crippen LogP contribution is -2.32. The van der Waals surface area contributed by atoms with E-state index in [4.69, 9.17) is 0 Å². The molecule has 0 spiro atoms. The molecule has 0 aliphatic carbocycles. The fourth-order valence-corrected chi connectivity index (χ4v) is 6.44. The predicted octanol–water partition coefficient (Wildman–Crippen LogP) is 7.76. The van der Waals surface area contributed by atoms with Crippen LogP contribution in [0.5, 0.6) is 11.5 Å². The molecule has 0 N–H and O–H groups in total. The maximum absolute atomic E-state index is 13.2. The third-order valence-electron chi connectivity index (χ3n) is 7.15. The summed E-state index contributed by atoms with van der Waals surface area (Å²) in [5, 5.41) is 0. The van der Waals surface area contributed by atoms with E-state index < -0.39 is 48.2 Å². The summed E-state index contributed by atoms with van der Waals surface area (Å²) in [5.41, 5.74) is -10.3. The molecule has 4 rings (SSSR count). The van der Waals surface area contributed by atoms with E-state index in [9.17, 15) is 43.2 Å². The Bertz CT molecular complexity index is 1750. The third-order valence-corrected chi connectivity index (χ3v) is 9.06. The van der Waals surface area contributed by atoms with Gasteiger partial charge in [0.2, 0.25) is 0 Å². The van der Waals surface area contributed by atoms with Crippen LogP contribution < -0.4 is 8.37 Å². The van der Waals surface area contributed by atoms with Crippen LogP contribution in [0.25, 0.3) is 0 Å². The topological polar surface area (TPSA) is 86.7 Å². The molecular formula is C31H26F6O6S2. The highest BCUT2D eigenvalue weighted by molar-refractivity contribution is 7.88. The predicted molar refractivity (Wildman–Crippen MR) is 155 cm³/mol. The second-order valence-corrected chi connectivity index (χ2v) is 13.4. The molecule has 6 nitrogen and oxygen atoms in total. The van der Waals surface area contributed by atoms with Crippen molar-refractivity contribution < 1.29 is 51.5 Å². The minimum Gasteiger partial charge on any atom is -0.375 e. The summed E-state index contributed by atoms with van der Waals surface area (Å²) >= 11 is 0. The van der Waals surface area contributed by atoms with Crippen molar-refractivity contribution in [2.45, 2.75) is 44.1 Å². The van der Waals surface area contributed by atoms with Crippen LogP contribution >= 0.6 is 0 Å². The molecule has 14 heteroatoms. The van der Waals surface area contributed by atoms with Gasteiger partial charge in [0.25, 0.3) is 0 Å². The Morgan fingerprint density at radius 2 is 0.733 bits per heavy atom. The van der Waals surface area contributed by atoms with Crippen molar-refractivity contribution in [2.75, 3.05) is 0 Å². The summed E-state index contributed by atoms with van der Waals surface area (Å²) in [4.78, 5) is 0. The molecule has 45 heavy (non-hydrogen) atoms. The second-order valence-electron chi connectivity index (χ2n) is 10.3. The van der Waals surface area contributed by atoms with E-state index in [1.165, 1.54) is 52.0 Å². The molecule has 240 valence electrons. The molecule has 0 heterocycles. The monoisotopic (exact) mass is 672 g/mol. The number of hydrogen-bond donors (Lipinski definition) is 0. The van der Waals surface area contributed by atoms with Crippen LogP contribution in [0.2, 0.25) is 0 Å². The van der Waals surface area contributed by atoms with Crippen LogP contribution in [-0.2, 0) is 25.7 Å². The van der Waals surface area contributed by atoms with Crippen LogP contribution in [-0.4, -0.2) is 27.9 Å². The molecule has 4 aromatic rings. The van der Waals surface area contributed by atoms with Crippen molar-refractivity contribution in [3.63, 3.8) is 0 Å². The molecule has 0 saturated heterocycles. The van der Waals surface area contributed by atoms with Crippen LogP contribution in [0.3, 0.4) is 0 Å². The van der Waals surface area contributed by atoms with Gasteiger partial charge in [0, 0.05) is 0 Å². The van der Waals surface area contributed by atoms with Crippen LogP contribution in [0.4, 0.5) is 26.3 Å². The van der Waals surface area contributed by atoms with Crippen molar-refractivity contribution in [1.82, 2.24) is 0 Å². The van der Waals surface area contributed by atoms with E-state index in [-0.39, 0.29) is 22.3 Å². The van der Waals surface area contributed by atoms with Gasteiger partial charge in [-0.1, -0.05) is 84.9 Å². The van der Waals surface area contributed by atoms with E-state index in [1.807, 2.05) is 0 Å². The second kappa shape index (κ2) is 11.7. The van der Waals surface area contributed by atoms with E-state index in [0.717, 1.165) is 0 Å². The molecule has 0 aliphatic rings. The van der Waals surface area contributed by atoms with Crippen LogP contribution in [0.15, 0.2) is 84.9 Å². The number of rotatable bonds is 8. The van der Waals surface area contributed by atoms with Gasteiger partial charge in [-0.2, -0.15) is 43.2 Å². The fraction of sp³-hybridized carbons (Fsp3) is 0.226. The summed E-state index contributed by atoms with van der Waals surface area (Å²) in [6.45, 7) is 5.53. The molecule has 0 aliphatic heterocycles. The van der Waals surface area contributed by atoms with Crippen molar-refractivity contribution in [1.29, 1.82) is 0 Å². The Labute approximate surface area is 256 Å². The van der Waals surface area contributed by atoms with Gasteiger partial charge in [-0.3, -0.25) is 0 Å². The number of hydrogen-bond acceptors (Lipinski definition) is 6. The van der Waals surface area contributed by atoms with Gasteiger partial charge in [0.15, 0.2) is 0 Å². The molecule has 0 aromatic heterocycles. The lowest BCUT2D eigenvalue weighted by Gasteiger charge is -2.38. The Hall–Kier alpha value is -4.04. The Balaban J connectivity index is 2.08. The summed E-state index contributed by atoms with van der Waals surface area (Å²) in [6, 6.07) is 23.5. The molecule has 0 amide bonds. The SMILES string of the molecule is Cc1cc(C(c2ccccc2)(c2ccccc2)c2cc(C)c(OS(=O)(=O)C(F)(F)F)c(C)c2)cc(C)c1OS(=O)(=O)C(F)(F)F. The minimum absolute atomic E-state index is 0.0544. The van der Waals surface area contributed by atoms with Gasteiger partial charge in [-0.05, 0) is 72.2 Å². The minimum atomic E-state index is -5.99. The van der Waals surface area contributed by atoms with Crippen LogP contribution in [0, 0.1) is 27.7 Å². The maximum Gasteiger partial charge on any atom is 0.534 e. The Morgan fingerprint density at radius 3 is 0.978 bits per heavy atom. The maximum atomic E-state index is 13.2. The largest absolute Gasteiger partial charge is 0.534 e. The highest BCUT2D eigenvalue weighted by atomic mass is 32.2. The zero-order valence-corrected chi connectivity index (χ0v) is 25.7. The quantitative estimate of drug-likeness (QED) is 0.0824. The number of aryl methyl sites for hydroxylation is 4. The summed E-state index contributed by atoms with van der Waals surface area (Å²) in [7, 11) is -12.0. The summed E-state index contributed by atoms with van der Waals surface area (Å²) < 4.78 is 136. The smallest absolute Gasteiger partial charge is 0.375 e. The van der Waals surface area contributed by atoms with E-state index in [0.29, 0.717) is 22.3 Å². The van der Waals surface area contributed by atoms with Crippen LogP contribution in [0.1, 0.15) is 44.5 Å². The lowest BCUT2D eigenvalue weighted by molar-refractivity contribution is -0.0505. The standard InChI is InChI=1S/C31H26F6O6S2/c1-19-15-25(16-20(2)27(19)42-44(38,39)30(32,33)34)29(23-11-7-5-8-12-23,24-13-9-6-10-14-24)26-17-21(3)28(22(4)18-26)43-45(40,41)31(35,36)37/h5-18H,1-4H3. The Kier molecular flexibility index (Phi) is 8.81. The molecule has 0 fully saturated rings. The van der Waals surface area contributed by atoms with Crippen molar-refractivity contribution in [3.8, 4) is 11.5 Å². The summed E-state index contributed by atoms with van der Waals surface area (Å²) in [6.07, 6.45) is 0. The number of benzene rings is 4. The van der Waals surface area contributed by atoms with Crippen molar-refractivity contribution in [3.05, 3.63) is 129 Å². The van der Waals surface area contributed by atoms with Gasteiger partial charge in [0.05, 0.1) is 5.41 Å². The molecule has 0 unspecified atom stereocenters. The fourth-order valence-electron chi connectivity index (χ4n) is 5.29. The van der Waals surface area contributed by atoms with Gasteiger partial charge < -0.3 is 8.37 Å². The first-order valence-corrected chi connectivity index (χ1v) is 15.9. The first-order chi connectivity index (χ1) is 20.7. The number of alkyl halides is 6. The van der Waals surface area contributed by atoms with E-state index >= 15 is 0 Å². The van der Waals surface area contributed by atoms with E-state index in [1.54, 1.807) is 60.7 Å². The molecule has 0 radical (unpaired) electrons. The van der Waals surface area contributed by atoms with Gasteiger partial charge in [-0.25, -0.2) is 0 Å². The molecular weight excluding hydrogens is 646 g/mol. The molecule has 4 aromatic carbocycles. The first kappa shape index (κ1) is 33.8. The number of halogens is 6. The highest BCUT2D eigenvalue weighted by Crippen LogP contribution is 2.48. The normalized spacial score (nSPS) is 13.0. The molecule has 0 atom stereocenters. The average molecular weight is 673 g/mol. The molecule has 0 saturated carbocycles. The van der Waals surface area contributed by atoms with Gasteiger partial charge >= 0.3 is 31.3 Å². The third kappa shape index (κ3) is 6.25. The van der Waals surface area contributed by atoms with Gasteiger partial charge in [0.1, 0.15) is 11.5 Å². The lowest BCUT2D eigenvalue weighted by atomic mass is 9.64. The molecule has 0 bridgehead atoms. The Morgan fingerprint density at radius 1 is 0.467 bits per heavy atom. The first-order valence-electron chi connectivity index (χ1n) is 13.1. The highest BCUT2D eigenvalue weighted by Gasteiger charge is 2.50. The van der Waals surface area contributed by atoms with Crippen molar-refractivity contribution >= 4 is 20.2 Å². The van der Waals surface area contributed by atoms with Crippen molar-refractivity contribution in [2.24, 2.45) is 0 Å². The average Bonchev–Trinajstić information content (AvgIpc) is 2.93. The zero-order valence-electron chi connectivity index (χ0n) is 24.1. The zero-order chi connectivity index (χ0) is 33.6. The summed E-state index contributed by atoms with van der Waals surface area (Å²) in [5.74, 6) is -1.03. The van der Waals surface area contributed by atoms with Gasteiger partial charge in [-0.15, -0.1) is 0 Å².